The summed E-state index contributed by atoms with van der Waals surface area (Å²) in [6.45, 7) is 1.33. The van der Waals surface area contributed by atoms with Crippen LogP contribution < -0.4 is 5.32 Å². The van der Waals surface area contributed by atoms with E-state index in [0.29, 0.717) is 23.4 Å². The van der Waals surface area contributed by atoms with Crippen LogP contribution in [0.4, 0.5) is 0 Å². The Morgan fingerprint density at radius 2 is 1.94 bits per heavy atom. The summed E-state index contributed by atoms with van der Waals surface area (Å²) in [5.41, 5.74) is 5.22. The van der Waals surface area contributed by atoms with Gasteiger partial charge in [0.2, 0.25) is 0 Å². The van der Waals surface area contributed by atoms with Gasteiger partial charge in [-0.1, -0.05) is 42.5 Å². The molecule has 0 bridgehead atoms. The van der Waals surface area contributed by atoms with Crippen molar-refractivity contribution >= 4 is 11.6 Å². The van der Waals surface area contributed by atoms with E-state index in [0.717, 1.165) is 18.5 Å². The molecule has 34 heavy (non-hydrogen) atoms. The number of nitrogens with zero attached hydrogens (tertiary/aromatic N) is 4. The minimum Gasteiger partial charge on any atom is -0.390 e. The van der Waals surface area contributed by atoms with Crippen LogP contribution in [0.2, 0.25) is 0 Å². The second kappa shape index (κ2) is 9.48. The lowest BCUT2D eigenvalue weighted by Gasteiger charge is -2.38. The minimum atomic E-state index is -0.743. The number of hydrogen-bond acceptors (Lipinski definition) is 5. The number of nitriles is 1. The lowest BCUT2D eigenvalue weighted by atomic mass is 9.87. The first kappa shape index (κ1) is 21.8. The molecule has 2 N–H and O–H groups in total. The van der Waals surface area contributed by atoms with Gasteiger partial charge >= 0.3 is 0 Å². The van der Waals surface area contributed by atoms with Gasteiger partial charge in [0.05, 0.1) is 23.8 Å². The van der Waals surface area contributed by atoms with Crippen LogP contribution >= 0.6 is 0 Å². The third kappa shape index (κ3) is 4.42. The smallest absolute Gasteiger partial charge is 0.271 e. The third-order valence-corrected chi connectivity index (χ3v) is 6.28. The zero-order chi connectivity index (χ0) is 23.5. The summed E-state index contributed by atoms with van der Waals surface area (Å²) < 4.78 is 1.79. The molecule has 1 aliphatic rings. The number of β-amino-alcohol motifs (C(OH)–C–C–N with tert-alkyl or cyclic N) is 1. The molecule has 5 rings (SSSR count). The molecule has 0 radical (unpaired) electrons. The Kier molecular flexibility index (Phi) is 6.09. The molecule has 2 aromatic carbocycles. The van der Waals surface area contributed by atoms with Crippen LogP contribution in [0.25, 0.3) is 5.65 Å². The van der Waals surface area contributed by atoms with Gasteiger partial charge in [0, 0.05) is 32.0 Å². The average Bonchev–Trinajstić information content (AvgIpc) is 3.32. The summed E-state index contributed by atoms with van der Waals surface area (Å²) in [5, 5.41) is 22.8. The van der Waals surface area contributed by atoms with Crippen LogP contribution in [0.5, 0.6) is 0 Å². The van der Waals surface area contributed by atoms with Crippen molar-refractivity contribution in [2.75, 3.05) is 19.6 Å². The second-order valence-corrected chi connectivity index (χ2v) is 8.54. The third-order valence-electron chi connectivity index (χ3n) is 6.28. The molecule has 0 saturated heterocycles. The van der Waals surface area contributed by atoms with Gasteiger partial charge in [-0.25, -0.2) is 4.98 Å². The Labute approximate surface area is 197 Å². The maximum Gasteiger partial charge on any atom is 0.271 e. The summed E-state index contributed by atoms with van der Waals surface area (Å²) >= 11 is 0. The van der Waals surface area contributed by atoms with E-state index in [9.17, 15) is 9.90 Å². The van der Waals surface area contributed by atoms with E-state index < -0.39 is 6.10 Å². The summed E-state index contributed by atoms with van der Waals surface area (Å²) in [5.74, 6) is -0.310. The molecule has 1 amide bonds. The average molecular weight is 452 g/mol. The van der Waals surface area contributed by atoms with Crippen LogP contribution in [0.3, 0.4) is 0 Å². The summed E-state index contributed by atoms with van der Waals surface area (Å²) in [7, 11) is 0. The lowest BCUT2D eigenvalue weighted by molar-refractivity contribution is 0.0792. The zero-order valence-electron chi connectivity index (χ0n) is 18.6. The topological polar surface area (TPSA) is 93.7 Å². The van der Waals surface area contributed by atoms with Gasteiger partial charge in [-0.3, -0.25) is 9.69 Å². The highest BCUT2D eigenvalue weighted by Crippen LogP contribution is 2.35. The fraction of sp³-hybridized carbons (Fsp3) is 0.222. The molecular weight excluding hydrogens is 426 g/mol. The molecule has 4 aromatic rings. The quantitative estimate of drug-likeness (QED) is 0.470. The number of hydrogen-bond donors (Lipinski definition) is 2. The number of nitrogens with one attached hydrogen (secondary N) is 1. The van der Waals surface area contributed by atoms with E-state index in [-0.39, 0.29) is 18.5 Å². The molecule has 2 aromatic heterocycles. The van der Waals surface area contributed by atoms with Gasteiger partial charge in [-0.05, 0) is 47.4 Å². The number of carbonyl (C=O) groups excluding carboxylic acids is 1. The summed E-state index contributed by atoms with van der Waals surface area (Å²) in [4.78, 5) is 19.2. The van der Waals surface area contributed by atoms with Crippen molar-refractivity contribution < 1.29 is 9.90 Å². The molecule has 0 spiro atoms. The Balaban J connectivity index is 1.29. The number of imidazole rings is 1. The SMILES string of the molecule is N#Cc1ccc([C@H]2c3ccccc3CCN2C[C@@H](O)CNC(=O)c2cn3ccccc3n2)cc1. The Bertz CT molecular complexity index is 1320. The van der Waals surface area contributed by atoms with E-state index in [4.69, 9.17) is 5.26 Å². The number of fused-ring (bicyclic) bond motifs is 2. The fourth-order valence-corrected chi connectivity index (χ4v) is 4.63. The van der Waals surface area contributed by atoms with Crippen LogP contribution in [-0.2, 0) is 6.42 Å². The molecule has 7 nitrogen and oxygen atoms in total. The predicted octanol–water partition coefficient (Wildman–Crippen LogP) is 2.94. The van der Waals surface area contributed by atoms with Gasteiger partial charge in [0.1, 0.15) is 11.3 Å². The van der Waals surface area contributed by atoms with Gasteiger partial charge in [0.15, 0.2) is 0 Å². The number of benzene rings is 2. The van der Waals surface area contributed by atoms with Crippen molar-refractivity contribution in [3.63, 3.8) is 0 Å². The van der Waals surface area contributed by atoms with Crippen molar-refractivity contribution in [1.29, 1.82) is 5.26 Å². The Morgan fingerprint density at radius 3 is 2.74 bits per heavy atom. The first-order valence-corrected chi connectivity index (χ1v) is 11.3. The molecule has 170 valence electrons. The van der Waals surface area contributed by atoms with Crippen LogP contribution in [-0.4, -0.2) is 51.0 Å². The maximum atomic E-state index is 12.6. The highest BCUT2D eigenvalue weighted by atomic mass is 16.3. The standard InChI is InChI=1S/C27H25N5O2/c28-15-19-8-10-21(11-9-19)26-23-6-2-1-5-20(23)12-14-32(26)17-22(33)16-29-27(34)24-18-31-13-4-3-7-25(31)30-24/h1-11,13,18,22,26,33H,12,14,16-17H2,(H,29,34)/t22-,26-/m0/s1. The molecule has 7 heteroatoms. The maximum absolute atomic E-state index is 12.6. The fourth-order valence-electron chi connectivity index (χ4n) is 4.63. The molecule has 2 atom stereocenters. The monoisotopic (exact) mass is 451 g/mol. The van der Waals surface area contributed by atoms with Crippen LogP contribution in [0, 0.1) is 11.3 Å². The summed E-state index contributed by atoms with van der Waals surface area (Å²) in [6, 6.07) is 23.7. The van der Waals surface area contributed by atoms with Crippen molar-refractivity contribution in [3.8, 4) is 6.07 Å². The largest absolute Gasteiger partial charge is 0.390 e. The first-order chi connectivity index (χ1) is 16.6. The van der Waals surface area contributed by atoms with Crippen LogP contribution in [0.15, 0.2) is 79.1 Å². The zero-order valence-corrected chi connectivity index (χ0v) is 18.6. The second-order valence-electron chi connectivity index (χ2n) is 8.54. The van der Waals surface area contributed by atoms with E-state index in [2.05, 4.69) is 33.4 Å². The lowest BCUT2D eigenvalue weighted by Crippen LogP contribution is -2.44. The molecule has 0 saturated carbocycles. The van der Waals surface area contributed by atoms with Gasteiger partial charge in [0.25, 0.3) is 5.91 Å². The highest BCUT2D eigenvalue weighted by Gasteiger charge is 2.30. The summed E-state index contributed by atoms with van der Waals surface area (Å²) in [6.07, 6.45) is 3.67. The van der Waals surface area contributed by atoms with Gasteiger partial charge < -0.3 is 14.8 Å². The molecule has 0 aliphatic carbocycles. The van der Waals surface area contributed by atoms with Crippen molar-refractivity contribution in [3.05, 3.63) is 107 Å². The van der Waals surface area contributed by atoms with Gasteiger partial charge in [-0.15, -0.1) is 0 Å². The van der Waals surface area contributed by atoms with Crippen molar-refractivity contribution in [2.24, 2.45) is 0 Å². The Morgan fingerprint density at radius 1 is 1.15 bits per heavy atom. The number of rotatable bonds is 6. The molecule has 0 unspecified atom stereocenters. The highest BCUT2D eigenvalue weighted by molar-refractivity contribution is 5.92. The number of carbonyl (C=O) groups is 1. The Hall–Kier alpha value is -3.99. The first-order valence-electron chi connectivity index (χ1n) is 11.3. The number of aliphatic hydroxyl groups excluding tert-OH is 1. The predicted molar refractivity (Wildman–Crippen MR) is 128 cm³/mol. The minimum absolute atomic E-state index is 0.0264. The van der Waals surface area contributed by atoms with Crippen molar-refractivity contribution in [2.45, 2.75) is 18.6 Å². The number of pyridine rings is 1. The molecular formula is C27H25N5O2. The van der Waals surface area contributed by atoms with E-state index >= 15 is 0 Å². The number of amides is 1. The normalized spacial score (nSPS) is 16.5. The molecule has 0 fully saturated rings. The number of aliphatic hydroxyl groups is 1. The number of aromatic nitrogens is 2. The molecule has 1 aliphatic heterocycles. The van der Waals surface area contributed by atoms with Gasteiger partial charge in [-0.2, -0.15) is 5.26 Å². The van der Waals surface area contributed by atoms with E-state index in [1.54, 1.807) is 10.6 Å². The van der Waals surface area contributed by atoms with E-state index in [1.165, 1.54) is 11.1 Å². The van der Waals surface area contributed by atoms with E-state index in [1.807, 2.05) is 60.8 Å². The van der Waals surface area contributed by atoms with Crippen LogP contribution in [0.1, 0.15) is 38.8 Å². The molecule has 3 heterocycles. The van der Waals surface area contributed by atoms with Crippen molar-refractivity contribution in [1.82, 2.24) is 19.6 Å².